The summed E-state index contributed by atoms with van der Waals surface area (Å²) >= 11 is 0. The summed E-state index contributed by atoms with van der Waals surface area (Å²) in [6, 6.07) is 5.20. The van der Waals surface area contributed by atoms with Crippen LogP contribution in [0, 0.1) is 6.92 Å². The zero-order valence-corrected chi connectivity index (χ0v) is 11.1. The van der Waals surface area contributed by atoms with Gasteiger partial charge in [0.25, 0.3) is 5.91 Å². The predicted molar refractivity (Wildman–Crippen MR) is 74.7 cm³/mol. The molecule has 19 heavy (non-hydrogen) atoms. The largest absolute Gasteiger partial charge is 0.391 e. The van der Waals surface area contributed by atoms with Crippen molar-refractivity contribution in [2.45, 2.75) is 44.8 Å². The van der Waals surface area contributed by atoms with Crippen molar-refractivity contribution in [3.8, 4) is 0 Å². The van der Waals surface area contributed by atoms with E-state index in [1.807, 2.05) is 13.0 Å². The van der Waals surface area contributed by atoms with Gasteiger partial charge < -0.3 is 15.8 Å². The number of nitrogens with two attached hydrogens (primary N) is 1. The van der Waals surface area contributed by atoms with Gasteiger partial charge >= 0.3 is 0 Å². The number of aryl methyl sites for hydroxylation is 1. The van der Waals surface area contributed by atoms with E-state index in [1.54, 1.807) is 12.1 Å². The highest BCUT2D eigenvalue weighted by Crippen LogP contribution is 2.20. The number of nitrogen functional groups attached to an aromatic ring is 1. The highest BCUT2D eigenvalue weighted by atomic mass is 16.3. The number of hydrogen-bond acceptors (Lipinski definition) is 4. The molecule has 0 saturated heterocycles. The molecule has 2 unspecified atom stereocenters. The van der Waals surface area contributed by atoms with Gasteiger partial charge in [0.15, 0.2) is 0 Å². The molecule has 1 amide bonds. The minimum atomic E-state index is -0.428. The predicted octanol–water partition coefficient (Wildman–Crippen LogP) is 1.31. The topological polar surface area (TPSA) is 87.4 Å². The van der Waals surface area contributed by atoms with Crippen LogP contribution < -0.4 is 16.6 Å². The van der Waals surface area contributed by atoms with Gasteiger partial charge in [0.2, 0.25) is 0 Å². The van der Waals surface area contributed by atoms with Gasteiger partial charge in [-0.3, -0.25) is 10.6 Å². The Bertz CT molecular complexity index is 462. The van der Waals surface area contributed by atoms with Crippen LogP contribution in [0.1, 0.15) is 41.6 Å². The summed E-state index contributed by atoms with van der Waals surface area (Å²) in [5, 5.41) is 12.8. The van der Waals surface area contributed by atoms with Crippen molar-refractivity contribution in [1.82, 2.24) is 5.32 Å². The number of carbonyl (C=O) groups excluding carboxylic acids is 1. The second-order valence-electron chi connectivity index (χ2n) is 5.11. The SMILES string of the molecule is Cc1cc(NN)ccc1C(=O)NC1CCCCC1O. The van der Waals surface area contributed by atoms with Gasteiger partial charge in [0.05, 0.1) is 12.1 Å². The number of rotatable bonds is 3. The number of aliphatic hydroxyl groups is 1. The Hall–Kier alpha value is -1.59. The summed E-state index contributed by atoms with van der Waals surface area (Å²) in [5.74, 6) is 5.20. The third-order valence-corrected chi connectivity index (χ3v) is 3.68. The number of benzene rings is 1. The van der Waals surface area contributed by atoms with Gasteiger partial charge in [-0.1, -0.05) is 12.8 Å². The monoisotopic (exact) mass is 263 g/mol. The molecule has 1 aliphatic carbocycles. The number of aliphatic hydroxyl groups excluding tert-OH is 1. The minimum absolute atomic E-state index is 0.132. The number of amides is 1. The van der Waals surface area contributed by atoms with E-state index in [0.717, 1.165) is 36.9 Å². The second kappa shape index (κ2) is 6.04. The number of hydrazine groups is 1. The fourth-order valence-corrected chi connectivity index (χ4v) is 2.53. The summed E-state index contributed by atoms with van der Waals surface area (Å²) in [6.07, 6.45) is 3.26. The van der Waals surface area contributed by atoms with E-state index in [-0.39, 0.29) is 11.9 Å². The lowest BCUT2D eigenvalue weighted by Gasteiger charge is -2.28. The van der Waals surface area contributed by atoms with Crippen molar-refractivity contribution < 1.29 is 9.90 Å². The lowest BCUT2D eigenvalue weighted by molar-refractivity contribution is 0.0717. The molecular weight excluding hydrogens is 242 g/mol. The Labute approximate surface area is 113 Å². The van der Waals surface area contributed by atoms with E-state index >= 15 is 0 Å². The molecule has 1 fully saturated rings. The van der Waals surface area contributed by atoms with E-state index in [9.17, 15) is 9.90 Å². The molecule has 2 atom stereocenters. The van der Waals surface area contributed by atoms with Crippen molar-refractivity contribution in [2.75, 3.05) is 5.43 Å². The van der Waals surface area contributed by atoms with Gasteiger partial charge in [-0.15, -0.1) is 0 Å². The van der Waals surface area contributed by atoms with Crippen LogP contribution in [-0.2, 0) is 0 Å². The average molecular weight is 263 g/mol. The van der Waals surface area contributed by atoms with Crippen LogP contribution in [0.4, 0.5) is 5.69 Å². The molecule has 1 saturated carbocycles. The first-order valence-corrected chi connectivity index (χ1v) is 6.68. The van der Waals surface area contributed by atoms with Crippen molar-refractivity contribution in [1.29, 1.82) is 0 Å². The van der Waals surface area contributed by atoms with Crippen molar-refractivity contribution in [3.05, 3.63) is 29.3 Å². The van der Waals surface area contributed by atoms with Crippen LogP contribution in [0.15, 0.2) is 18.2 Å². The molecule has 0 bridgehead atoms. The Morgan fingerprint density at radius 2 is 2.11 bits per heavy atom. The fourth-order valence-electron chi connectivity index (χ4n) is 2.53. The summed E-state index contributed by atoms with van der Waals surface area (Å²) < 4.78 is 0. The van der Waals surface area contributed by atoms with E-state index < -0.39 is 6.10 Å². The molecule has 1 aliphatic rings. The molecule has 0 radical (unpaired) electrons. The van der Waals surface area contributed by atoms with Gasteiger partial charge in [0.1, 0.15) is 0 Å². The summed E-state index contributed by atoms with van der Waals surface area (Å²) in [7, 11) is 0. The fraction of sp³-hybridized carbons (Fsp3) is 0.500. The molecule has 1 aromatic rings. The van der Waals surface area contributed by atoms with Gasteiger partial charge in [-0.25, -0.2) is 0 Å². The van der Waals surface area contributed by atoms with Gasteiger partial charge in [-0.05, 0) is 43.5 Å². The van der Waals surface area contributed by atoms with Crippen molar-refractivity contribution in [2.24, 2.45) is 5.84 Å². The van der Waals surface area contributed by atoms with Crippen LogP contribution >= 0.6 is 0 Å². The highest BCUT2D eigenvalue weighted by molar-refractivity contribution is 5.96. The molecule has 5 nitrogen and oxygen atoms in total. The molecule has 5 heteroatoms. The van der Waals surface area contributed by atoms with E-state index in [1.165, 1.54) is 0 Å². The molecule has 5 N–H and O–H groups in total. The van der Waals surface area contributed by atoms with Crippen molar-refractivity contribution >= 4 is 11.6 Å². The van der Waals surface area contributed by atoms with Crippen molar-refractivity contribution in [3.63, 3.8) is 0 Å². The third kappa shape index (κ3) is 3.24. The second-order valence-corrected chi connectivity index (χ2v) is 5.11. The maximum Gasteiger partial charge on any atom is 0.251 e. The summed E-state index contributed by atoms with van der Waals surface area (Å²) in [4.78, 5) is 12.2. The number of hydrogen-bond donors (Lipinski definition) is 4. The first-order chi connectivity index (χ1) is 9.11. The highest BCUT2D eigenvalue weighted by Gasteiger charge is 2.25. The standard InChI is InChI=1S/C14H21N3O2/c1-9-8-10(17-15)6-7-11(9)14(19)16-12-4-2-3-5-13(12)18/h6-8,12-13,17-18H,2-5,15H2,1H3,(H,16,19). The lowest BCUT2D eigenvalue weighted by atomic mass is 9.92. The average Bonchev–Trinajstić information content (AvgIpc) is 2.41. The van der Waals surface area contributed by atoms with Crippen LogP contribution in [0.2, 0.25) is 0 Å². The molecule has 2 rings (SSSR count). The zero-order chi connectivity index (χ0) is 13.8. The van der Waals surface area contributed by atoms with E-state index in [2.05, 4.69) is 10.7 Å². The quantitative estimate of drug-likeness (QED) is 0.489. The molecule has 0 heterocycles. The Morgan fingerprint density at radius 3 is 2.74 bits per heavy atom. The number of nitrogens with one attached hydrogen (secondary N) is 2. The molecule has 0 spiro atoms. The maximum absolute atomic E-state index is 12.2. The lowest BCUT2D eigenvalue weighted by Crippen LogP contribution is -2.45. The van der Waals surface area contributed by atoms with Crippen LogP contribution in [-0.4, -0.2) is 23.2 Å². The molecule has 1 aromatic carbocycles. The van der Waals surface area contributed by atoms with Crippen LogP contribution in [0.3, 0.4) is 0 Å². The molecule has 0 aromatic heterocycles. The molecule has 104 valence electrons. The third-order valence-electron chi connectivity index (χ3n) is 3.68. The van der Waals surface area contributed by atoms with Gasteiger partial charge in [0, 0.05) is 11.3 Å². The van der Waals surface area contributed by atoms with Crippen LogP contribution in [0.5, 0.6) is 0 Å². The summed E-state index contributed by atoms with van der Waals surface area (Å²) in [5.41, 5.74) is 4.80. The van der Waals surface area contributed by atoms with E-state index in [4.69, 9.17) is 5.84 Å². The first kappa shape index (κ1) is 13.8. The molecule has 0 aliphatic heterocycles. The van der Waals surface area contributed by atoms with Gasteiger partial charge in [-0.2, -0.15) is 0 Å². The smallest absolute Gasteiger partial charge is 0.251 e. The first-order valence-electron chi connectivity index (χ1n) is 6.68. The number of carbonyl (C=O) groups is 1. The Kier molecular flexibility index (Phi) is 4.39. The number of anilines is 1. The Morgan fingerprint density at radius 1 is 1.37 bits per heavy atom. The normalized spacial score (nSPS) is 22.9. The Balaban J connectivity index is 2.07. The summed E-state index contributed by atoms with van der Waals surface area (Å²) in [6.45, 7) is 1.87. The maximum atomic E-state index is 12.2. The minimum Gasteiger partial charge on any atom is -0.391 e. The molecular formula is C14H21N3O2. The van der Waals surface area contributed by atoms with Crippen LogP contribution in [0.25, 0.3) is 0 Å². The zero-order valence-electron chi connectivity index (χ0n) is 11.1. The van der Waals surface area contributed by atoms with E-state index in [0.29, 0.717) is 5.56 Å².